The maximum absolute atomic E-state index is 13.8. The van der Waals surface area contributed by atoms with Crippen molar-refractivity contribution in [1.82, 2.24) is 30.1 Å². The Kier molecular flexibility index (Phi) is 7.77. The van der Waals surface area contributed by atoms with Crippen LogP contribution in [0.2, 0.25) is 5.02 Å². The number of hydrogen-bond donors (Lipinski definition) is 1. The SMILES string of the molecule is CCc1ccc2[nH]c(=O)c([C@@H](c3nnnn3C3CCCC3)N(Cc3ccc(Cl)cc3)C[C@H]3CCCO3)cc2c1. The summed E-state index contributed by atoms with van der Waals surface area (Å²) in [5, 5.41) is 14.9. The maximum atomic E-state index is 13.8. The lowest BCUT2D eigenvalue weighted by Gasteiger charge is -2.33. The van der Waals surface area contributed by atoms with Gasteiger partial charge in [-0.25, -0.2) is 4.68 Å². The second kappa shape index (κ2) is 11.6. The van der Waals surface area contributed by atoms with E-state index in [1.54, 1.807) is 0 Å². The minimum absolute atomic E-state index is 0.0850. The highest BCUT2D eigenvalue weighted by Crippen LogP contribution is 2.35. The van der Waals surface area contributed by atoms with Crippen molar-refractivity contribution in [2.45, 2.75) is 76.6 Å². The van der Waals surface area contributed by atoms with Gasteiger partial charge in [-0.05, 0) is 89.4 Å². The Morgan fingerprint density at radius 3 is 2.62 bits per heavy atom. The lowest BCUT2D eigenvalue weighted by Crippen LogP contribution is -2.39. The van der Waals surface area contributed by atoms with Crippen molar-refractivity contribution in [2.75, 3.05) is 13.2 Å². The fourth-order valence-corrected chi connectivity index (χ4v) is 6.25. The van der Waals surface area contributed by atoms with E-state index >= 15 is 0 Å². The lowest BCUT2D eigenvalue weighted by atomic mass is 10.00. The summed E-state index contributed by atoms with van der Waals surface area (Å²) < 4.78 is 8.08. The van der Waals surface area contributed by atoms with Crippen molar-refractivity contribution < 1.29 is 4.74 Å². The average molecular weight is 547 g/mol. The predicted molar refractivity (Wildman–Crippen MR) is 152 cm³/mol. The molecule has 2 aliphatic rings. The Morgan fingerprint density at radius 2 is 1.87 bits per heavy atom. The molecule has 0 bridgehead atoms. The average Bonchev–Trinajstić information content (AvgIpc) is 3.73. The predicted octanol–water partition coefficient (Wildman–Crippen LogP) is 5.62. The number of nitrogens with one attached hydrogen (secondary N) is 1. The standard InChI is InChI=1S/C30H35ClN6O2/c1-2-20-11-14-27-22(16-20)17-26(30(38)32-27)28(29-33-34-35-37(29)24-6-3-4-7-24)36(19-25-8-5-15-39-25)18-21-9-12-23(31)13-10-21/h9-14,16-17,24-25,28H,2-8,15,18-19H2,1H3,(H,32,38)/t25-,28+/m1/s1. The van der Waals surface area contributed by atoms with E-state index in [0.717, 1.165) is 68.0 Å². The molecule has 1 N–H and O–H groups in total. The van der Waals surface area contributed by atoms with E-state index in [1.807, 2.05) is 41.1 Å². The molecule has 9 heteroatoms. The highest BCUT2D eigenvalue weighted by Gasteiger charge is 2.35. The Bertz CT molecular complexity index is 1470. The van der Waals surface area contributed by atoms with Crippen LogP contribution >= 0.6 is 11.6 Å². The van der Waals surface area contributed by atoms with Crippen molar-refractivity contribution in [2.24, 2.45) is 0 Å². The molecule has 1 saturated heterocycles. The van der Waals surface area contributed by atoms with Gasteiger partial charge in [0.2, 0.25) is 0 Å². The first-order valence-electron chi connectivity index (χ1n) is 14.1. The molecule has 3 heterocycles. The number of pyridine rings is 1. The van der Waals surface area contributed by atoms with Crippen molar-refractivity contribution in [3.8, 4) is 0 Å². The van der Waals surface area contributed by atoms with Crippen LogP contribution < -0.4 is 5.56 Å². The van der Waals surface area contributed by atoms with Gasteiger partial charge in [-0.3, -0.25) is 9.69 Å². The van der Waals surface area contributed by atoms with Gasteiger partial charge >= 0.3 is 0 Å². The Labute approximate surface area is 233 Å². The molecule has 2 fully saturated rings. The number of halogens is 1. The topological polar surface area (TPSA) is 88.9 Å². The molecule has 8 nitrogen and oxygen atoms in total. The first-order chi connectivity index (χ1) is 19.1. The maximum Gasteiger partial charge on any atom is 0.253 e. The molecule has 2 aromatic heterocycles. The quantitative estimate of drug-likeness (QED) is 0.293. The number of nitrogens with zero attached hydrogens (tertiary/aromatic N) is 5. The van der Waals surface area contributed by atoms with Crippen LogP contribution in [-0.4, -0.2) is 49.3 Å². The van der Waals surface area contributed by atoms with Crippen LogP contribution in [-0.2, 0) is 17.7 Å². The molecule has 4 aromatic rings. The Morgan fingerprint density at radius 1 is 1.08 bits per heavy atom. The number of aromatic nitrogens is 5. The van der Waals surface area contributed by atoms with E-state index in [0.29, 0.717) is 29.5 Å². The molecule has 2 atom stereocenters. The molecule has 2 aromatic carbocycles. The third-order valence-corrected chi connectivity index (χ3v) is 8.45. The summed E-state index contributed by atoms with van der Waals surface area (Å²) in [7, 11) is 0. The van der Waals surface area contributed by atoms with Crippen LogP contribution in [0.1, 0.15) is 80.0 Å². The van der Waals surface area contributed by atoms with Crippen LogP contribution in [0.15, 0.2) is 53.3 Å². The van der Waals surface area contributed by atoms with Crippen molar-refractivity contribution in [1.29, 1.82) is 0 Å². The number of aromatic amines is 1. The fourth-order valence-electron chi connectivity index (χ4n) is 6.12. The summed E-state index contributed by atoms with van der Waals surface area (Å²) in [4.78, 5) is 19.3. The van der Waals surface area contributed by atoms with Crippen molar-refractivity contribution in [3.63, 3.8) is 0 Å². The number of H-pyrrole nitrogens is 1. The third-order valence-electron chi connectivity index (χ3n) is 8.20. The number of ether oxygens (including phenoxy) is 1. The van der Waals surface area contributed by atoms with Crippen LogP contribution in [0.25, 0.3) is 10.9 Å². The normalized spacial score (nSPS) is 18.9. The summed E-state index contributed by atoms with van der Waals surface area (Å²) in [6.07, 6.45) is 7.46. The van der Waals surface area contributed by atoms with Gasteiger partial charge in [-0.1, -0.05) is 49.6 Å². The summed E-state index contributed by atoms with van der Waals surface area (Å²) in [5.74, 6) is 0.713. The highest BCUT2D eigenvalue weighted by molar-refractivity contribution is 6.30. The van der Waals surface area contributed by atoms with E-state index in [-0.39, 0.29) is 17.7 Å². The van der Waals surface area contributed by atoms with E-state index in [2.05, 4.69) is 44.5 Å². The minimum Gasteiger partial charge on any atom is -0.377 e. The zero-order chi connectivity index (χ0) is 26.8. The molecule has 1 saturated carbocycles. The summed E-state index contributed by atoms with van der Waals surface area (Å²) in [6.45, 7) is 4.17. The van der Waals surface area contributed by atoms with Crippen LogP contribution in [0.5, 0.6) is 0 Å². The summed E-state index contributed by atoms with van der Waals surface area (Å²) in [5.41, 5.74) is 3.69. The number of aryl methyl sites for hydroxylation is 1. The third kappa shape index (κ3) is 5.64. The molecule has 39 heavy (non-hydrogen) atoms. The molecule has 0 unspecified atom stereocenters. The molecule has 1 aliphatic carbocycles. The van der Waals surface area contributed by atoms with Gasteiger partial charge in [-0.15, -0.1) is 5.10 Å². The van der Waals surface area contributed by atoms with Gasteiger partial charge in [0, 0.05) is 35.8 Å². The van der Waals surface area contributed by atoms with Gasteiger partial charge in [0.05, 0.1) is 12.1 Å². The Balaban J connectivity index is 1.50. The molecule has 204 valence electrons. The zero-order valence-corrected chi connectivity index (χ0v) is 23.1. The monoisotopic (exact) mass is 546 g/mol. The molecule has 6 rings (SSSR count). The summed E-state index contributed by atoms with van der Waals surface area (Å²) >= 11 is 6.21. The first kappa shape index (κ1) is 26.2. The van der Waals surface area contributed by atoms with Crippen LogP contribution in [0.3, 0.4) is 0 Å². The molecule has 0 amide bonds. The van der Waals surface area contributed by atoms with Gasteiger partial charge in [-0.2, -0.15) is 0 Å². The van der Waals surface area contributed by atoms with E-state index < -0.39 is 6.04 Å². The number of hydrogen-bond acceptors (Lipinski definition) is 6. The van der Waals surface area contributed by atoms with E-state index in [4.69, 9.17) is 16.3 Å². The van der Waals surface area contributed by atoms with Crippen LogP contribution in [0.4, 0.5) is 0 Å². The highest BCUT2D eigenvalue weighted by atomic mass is 35.5. The Hall–Kier alpha value is -3.07. The molecular formula is C30H35ClN6O2. The van der Waals surface area contributed by atoms with E-state index in [1.165, 1.54) is 5.56 Å². The van der Waals surface area contributed by atoms with Crippen molar-refractivity contribution >= 4 is 22.5 Å². The summed E-state index contributed by atoms with van der Waals surface area (Å²) in [6, 6.07) is 16.0. The van der Waals surface area contributed by atoms with Gasteiger partial charge in [0.15, 0.2) is 5.82 Å². The van der Waals surface area contributed by atoms with Crippen LogP contribution in [0, 0.1) is 0 Å². The second-order valence-corrected chi connectivity index (χ2v) is 11.3. The molecule has 1 aliphatic heterocycles. The van der Waals surface area contributed by atoms with E-state index in [9.17, 15) is 4.79 Å². The molecule has 0 spiro atoms. The van der Waals surface area contributed by atoms with Gasteiger partial charge < -0.3 is 9.72 Å². The second-order valence-electron chi connectivity index (χ2n) is 10.8. The number of benzene rings is 2. The molecular weight excluding hydrogens is 512 g/mol. The molecule has 0 radical (unpaired) electrons. The lowest BCUT2D eigenvalue weighted by molar-refractivity contribution is 0.0569. The van der Waals surface area contributed by atoms with Crippen molar-refractivity contribution in [3.05, 3.63) is 86.4 Å². The minimum atomic E-state index is -0.445. The largest absolute Gasteiger partial charge is 0.377 e. The smallest absolute Gasteiger partial charge is 0.253 e. The number of tetrazole rings is 1. The number of fused-ring (bicyclic) bond motifs is 1. The number of rotatable bonds is 9. The zero-order valence-electron chi connectivity index (χ0n) is 22.4. The van der Waals surface area contributed by atoms with Gasteiger partial charge in [0.1, 0.15) is 6.04 Å². The van der Waals surface area contributed by atoms with Gasteiger partial charge in [0.25, 0.3) is 5.56 Å². The first-order valence-corrected chi connectivity index (χ1v) is 14.5. The fraction of sp³-hybridized carbons (Fsp3) is 0.467.